The molecule has 3 nitrogen and oxygen atoms in total. The lowest BCUT2D eigenvalue weighted by Crippen LogP contribution is -2.32. The number of hydrogen-bond acceptors (Lipinski definition) is 2. The Morgan fingerprint density at radius 3 is 2.65 bits per heavy atom. The van der Waals surface area contributed by atoms with Crippen molar-refractivity contribution in [2.75, 3.05) is 0 Å². The van der Waals surface area contributed by atoms with Crippen molar-refractivity contribution in [2.45, 2.75) is 32.2 Å². The van der Waals surface area contributed by atoms with Crippen LogP contribution in [0.25, 0.3) is 0 Å². The zero-order chi connectivity index (χ0) is 11.8. The maximum Gasteiger partial charge on any atom is 0.249 e. The van der Waals surface area contributed by atoms with Crippen molar-refractivity contribution in [2.24, 2.45) is 11.0 Å². The minimum absolute atomic E-state index is 0.142. The molecule has 1 aliphatic heterocycles. The highest BCUT2D eigenvalue weighted by molar-refractivity contribution is 6.13. The van der Waals surface area contributed by atoms with Crippen LogP contribution in [0.15, 0.2) is 35.4 Å². The van der Waals surface area contributed by atoms with Gasteiger partial charge in [0.15, 0.2) is 0 Å². The molecule has 0 aromatic heterocycles. The molecule has 1 heterocycles. The van der Waals surface area contributed by atoms with Crippen LogP contribution in [-0.4, -0.2) is 22.7 Å². The minimum atomic E-state index is 0.142. The van der Waals surface area contributed by atoms with Gasteiger partial charge in [-0.1, -0.05) is 30.3 Å². The van der Waals surface area contributed by atoms with Crippen molar-refractivity contribution in [3.8, 4) is 0 Å². The first-order chi connectivity index (χ1) is 8.25. The van der Waals surface area contributed by atoms with Gasteiger partial charge in [-0.25, -0.2) is 5.01 Å². The number of hydrogen-bond donors (Lipinski definition) is 0. The average Bonchev–Trinajstić information content (AvgIpc) is 3.13. The minimum Gasteiger partial charge on any atom is -0.273 e. The first-order valence-electron chi connectivity index (χ1n) is 6.20. The second kappa shape index (κ2) is 3.99. The molecule has 1 fully saturated rings. The third-order valence-corrected chi connectivity index (χ3v) is 3.60. The average molecular weight is 228 g/mol. The third-order valence-electron chi connectivity index (χ3n) is 3.60. The highest BCUT2D eigenvalue weighted by Gasteiger charge is 2.37. The summed E-state index contributed by atoms with van der Waals surface area (Å²) in [5.41, 5.74) is 1.97. The predicted molar refractivity (Wildman–Crippen MR) is 66.6 cm³/mol. The first kappa shape index (κ1) is 10.5. The SMILES string of the molecule is CC(C1CC1)N1N=C(c2ccccc2)CC1=O. The van der Waals surface area contributed by atoms with E-state index in [1.165, 1.54) is 12.8 Å². The van der Waals surface area contributed by atoms with Crippen molar-refractivity contribution in [1.82, 2.24) is 5.01 Å². The van der Waals surface area contributed by atoms with Gasteiger partial charge in [0.2, 0.25) is 5.91 Å². The van der Waals surface area contributed by atoms with Gasteiger partial charge >= 0.3 is 0 Å². The van der Waals surface area contributed by atoms with E-state index in [0.717, 1.165) is 11.3 Å². The molecule has 1 unspecified atom stereocenters. The maximum absolute atomic E-state index is 11.9. The summed E-state index contributed by atoms with van der Waals surface area (Å²) in [7, 11) is 0. The van der Waals surface area contributed by atoms with Gasteiger partial charge < -0.3 is 0 Å². The van der Waals surface area contributed by atoms with E-state index in [1.807, 2.05) is 30.3 Å². The number of amides is 1. The summed E-state index contributed by atoms with van der Waals surface area (Å²) < 4.78 is 0. The molecule has 1 aromatic carbocycles. The van der Waals surface area contributed by atoms with Gasteiger partial charge in [0.1, 0.15) is 0 Å². The van der Waals surface area contributed by atoms with E-state index >= 15 is 0 Å². The third kappa shape index (κ3) is 1.97. The van der Waals surface area contributed by atoms with Crippen LogP contribution < -0.4 is 0 Å². The molecule has 1 atom stereocenters. The maximum atomic E-state index is 11.9. The molecule has 88 valence electrons. The van der Waals surface area contributed by atoms with E-state index in [2.05, 4.69) is 12.0 Å². The first-order valence-corrected chi connectivity index (χ1v) is 6.20. The predicted octanol–water partition coefficient (Wildman–Crippen LogP) is 2.42. The molecule has 0 N–H and O–H groups in total. The van der Waals surface area contributed by atoms with Crippen LogP contribution in [0.5, 0.6) is 0 Å². The molecular weight excluding hydrogens is 212 g/mol. The number of carbonyl (C=O) groups is 1. The Labute approximate surface area is 101 Å². The van der Waals surface area contributed by atoms with Crippen molar-refractivity contribution < 1.29 is 4.79 Å². The Morgan fingerprint density at radius 1 is 1.29 bits per heavy atom. The lowest BCUT2D eigenvalue weighted by Gasteiger charge is -2.19. The molecule has 0 saturated heterocycles. The van der Waals surface area contributed by atoms with Gasteiger partial charge in [-0.2, -0.15) is 5.10 Å². The van der Waals surface area contributed by atoms with E-state index < -0.39 is 0 Å². The van der Waals surface area contributed by atoms with Gasteiger partial charge in [0.05, 0.1) is 18.2 Å². The summed E-state index contributed by atoms with van der Waals surface area (Å²) in [6.45, 7) is 2.10. The molecule has 3 heteroatoms. The molecule has 0 spiro atoms. The lowest BCUT2D eigenvalue weighted by molar-refractivity contribution is -0.130. The Kier molecular flexibility index (Phi) is 2.46. The highest BCUT2D eigenvalue weighted by atomic mass is 16.2. The zero-order valence-electron chi connectivity index (χ0n) is 9.97. The molecule has 1 saturated carbocycles. The molecule has 1 amide bonds. The fraction of sp³-hybridized carbons (Fsp3) is 0.429. The summed E-state index contributed by atoms with van der Waals surface area (Å²) >= 11 is 0. The largest absolute Gasteiger partial charge is 0.273 e. The van der Waals surface area contributed by atoms with Crippen LogP contribution in [0.4, 0.5) is 0 Å². The standard InChI is InChI=1S/C14H16N2O/c1-10(11-7-8-11)16-14(17)9-13(15-16)12-5-3-2-4-6-12/h2-6,10-11H,7-9H2,1H3. The van der Waals surface area contributed by atoms with Crippen LogP contribution in [0, 0.1) is 5.92 Å². The number of nitrogens with zero attached hydrogens (tertiary/aromatic N) is 2. The van der Waals surface area contributed by atoms with Crippen molar-refractivity contribution in [3.05, 3.63) is 35.9 Å². The molecule has 17 heavy (non-hydrogen) atoms. The number of rotatable bonds is 3. The van der Waals surface area contributed by atoms with Crippen LogP contribution in [-0.2, 0) is 4.79 Å². The van der Waals surface area contributed by atoms with Gasteiger partial charge in [0.25, 0.3) is 0 Å². The fourth-order valence-electron chi connectivity index (χ4n) is 2.33. The second-order valence-electron chi connectivity index (χ2n) is 4.91. The lowest BCUT2D eigenvalue weighted by atomic mass is 10.1. The molecular formula is C14H16N2O. The Bertz CT molecular complexity index is 462. The smallest absolute Gasteiger partial charge is 0.249 e. The molecule has 0 bridgehead atoms. The summed E-state index contributed by atoms with van der Waals surface area (Å²) in [5.74, 6) is 0.807. The summed E-state index contributed by atoms with van der Waals surface area (Å²) in [6, 6.07) is 10.2. The Balaban J connectivity index is 1.83. The van der Waals surface area contributed by atoms with Crippen LogP contribution >= 0.6 is 0 Å². The van der Waals surface area contributed by atoms with E-state index in [0.29, 0.717) is 12.3 Å². The van der Waals surface area contributed by atoms with Gasteiger partial charge in [-0.05, 0) is 31.2 Å². The molecule has 3 rings (SSSR count). The van der Waals surface area contributed by atoms with Crippen LogP contribution in [0.1, 0.15) is 31.7 Å². The second-order valence-corrected chi connectivity index (χ2v) is 4.91. The summed E-state index contributed by atoms with van der Waals surface area (Å²) in [4.78, 5) is 11.9. The monoisotopic (exact) mass is 228 g/mol. The van der Waals surface area contributed by atoms with Crippen LogP contribution in [0.3, 0.4) is 0 Å². The van der Waals surface area contributed by atoms with Crippen molar-refractivity contribution in [3.63, 3.8) is 0 Å². The van der Waals surface area contributed by atoms with E-state index in [9.17, 15) is 4.79 Å². The number of hydrazone groups is 1. The summed E-state index contributed by atoms with van der Waals surface area (Å²) in [5, 5.41) is 6.20. The molecule has 0 radical (unpaired) electrons. The normalized spacial score (nSPS) is 21.6. The van der Waals surface area contributed by atoms with Gasteiger partial charge in [0, 0.05) is 0 Å². The highest BCUT2D eigenvalue weighted by Crippen LogP contribution is 2.36. The van der Waals surface area contributed by atoms with Crippen molar-refractivity contribution in [1.29, 1.82) is 0 Å². The Hall–Kier alpha value is -1.64. The summed E-state index contributed by atoms with van der Waals surface area (Å²) in [6.07, 6.45) is 2.92. The van der Waals surface area contributed by atoms with Crippen molar-refractivity contribution >= 4 is 11.6 Å². The van der Waals surface area contributed by atoms with E-state index in [4.69, 9.17) is 0 Å². The molecule has 1 aromatic rings. The van der Waals surface area contributed by atoms with E-state index in [-0.39, 0.29) is 11.9 Å². The van der Waals surface area contributed by atoms with Gasteiger partial charge in [-0.15, -0.1) is 0 Å². The zero-order valence-corrected chi connectivity index (χ0v) is 9.97. The quantitative estimate of drug-likeness (QED) is 0.782. The molecule has 2 aliphatic rings. The Morgan fingerprint density at radius 2 is 2.00 bits per heavy atom. The molecule has 1 aliphatic carbocycles. The van der Waals surface area contributed by atoms with E-state index in [1.54, 1.807) is 5.01 Å². The van der Waals surface area contributed by atoms with Gasteiger partial charge in [-0.3, -0.25) is 4.79 Å². The van der Waals surface area contributed by atoms with Crippen LogP contribution in [0.2, 0.25) is 0 Å². The number of benzene rings is 1. The number of carbonyl (C=O) groups excluding carboxylic acids is 1. The topological polar surface area (TPSA) is 32.7 Å². The fourth-order valence-corrected chi connectivity index (χ4v) is 2.33.